The number of benzene rings is 1. The standard InChI is InChI=1S/C15H16N6OS/c16-6-14-19-13(8-23-14)15(22)20-12(7-21-10-17-9-18-21)11-4-2-1-3-5-11/h1-5,8-10,12H,6-7,16H2,(H,20,22). The number of rotatable bonds is 6. The summed E-state index contributed by atoms with van der Waals surface area (Å²) < 4.78 is 1.68. The molecule has 1 unspecified atom stereocenters. The third kappa shape index (κ3) is 3.79. The van der Waals surface area contributed by atoms with Gasteiger partial charge in [0, 0.05) is 11.9 Å². The minimum Gasteiger partial charge on any atom is -0.342 e. The van der Waals surface area contributed by atoms with Gasteiger partial charge in [-0.2, -0.15) is 5.10 Å². The summed E-state index contributed by atoms with van der Waals surface area (Å²) in [5.74, 6) is -0.227. The second-order valence-electron chi connectivity index (χ2n) is 4.88. The van der Waals surface area contributed by atoms with Crippen LogP contribution in [0.1, 0.15) is 27.1 Å². The van der Waals surface area contributed by atoms with Gasteiger partial charge < -0.3 is 11.1 Å². The van der Waals surface area contributed by atoms with Crippen molar-refractivity contribution in [3.05, 3.63) is 64.6 Å². The van der Waals surface area contributed by atoms with Crippen molar-refractivity contribution in [1.29, 1.82) is 0 Å². The fourth-order valence-corrected chi connectivity index (χ4v) is 2.83. The van der Waals surface area contributed by atoms with Gasteiger partial charge in [-0.05, 0) is 5.56 Å². The van der Waals surface area contributed by atoms with E-state index in [0.717, 1.165) is 10.6 Å². The van der Waals surface area contributed by atoms with Crippen molar-refractivity contribution in [3.8, 4) is 0 Å². The minimum absolute atomic E-state index is 0.227. The number of hydrogen-bond donors (Lipinski definition) is 2. The Labute approximate surface area is 137 Å². The Hall–Kier alpha value is -2.58. The fourth-order valence-electron chi connectivity index (χ4n) is 2.17. The summed E-state index contributed by atoms with van der Waals surface area (Å²) in [6.45, 7) is 0.822. The molecule has 2 heterocycles. The first-order chi connectivity index (χ1) is 11.3. The van der Waals surface area contributed by atoms with Crippen molar-refractivity contribution in [3.63, 3.8) is 0 Å². The Kier molecular flexibility index (Phi) is 4.74. The third-order valence-corrected chi connectivity index (χ3v) is 4.17. The highest BCUT2D eigenvalue weighted by Gasteiger charge is 2.18. The van der Waals surface area contributed by atoms with Crippen molar-refractivity contribution < 1.29 is 4.79 Å². The summed E-state index contributed by atoms with van der Waals surface area (Å²) in [5.41, 5.74) is 6.92. The molecule has 0 aliphatic rings. The lowest BCUT2D eigenvalue weighted by molar-refractivity contribution is 0.0927. The van der Waals surface area contributed by atoms with Crippen molar-refractivity contribution in [2.24, 2.45) is 5.73 Å². The van der Waals surface area contributed by atoms with Crippen LogP contribution in [0, 0.1) is 0 Å². The molecule has 3 rings (SSSR count). The summed E-state index contributed by atoms with van der Waals surface area (Å²) in [6, 6.07) is 9.51. The molecule has 1 aromatic carbocycles. The quantitative estimate of drug-likeness (QED) is 0.712. The average Bonchev–Trinajstić information content (AvgIpc) is 3.26. The first-order valence-corrected chi connectivity index (χ1v) is 7.97. The van der Waals surface area contributed by atoms with Crippen molar-refractivity contribution in [1.82, 2.24) is 25.1 Å². The molecule has 0 aliphatic heterocycles. The lowest BCUT2D eigenvalue weighted by Crippen LogP contribution is -2.31. The highest BCUT2D eigenvalue weighted by Crippen LogP contribution is 2.16. The van der Waals surface area contributed by atoms with Crippen LogP contribution in [0.4, 0.5) is 0 Å². The number of amides is 1. The molecule has 23 heavy (non-hydrogen) atoms. The van der Waals surface area contributed by atoms with Crippen LogP contribution >= 0.6 is 11.3 Å². The van der Waals surface area contributed by atoms with Crippen LogP contribution in [0.25, 0.3) is 0 Å². The zero-order chi connectivity index (χ0) is 16.1. The molecule has 0 radical (unpaired) electrons. The van der Waals surface area contributed by atoms with Gasteiger partial charge in [0.2, 0.25) is 0 Å². The van der Waals surface area contributed by atoms with E-state index in [1.165, 1.54) is 17.7 Å². The van der Waals surface area contributed by atoms with E-state index < -0.39 is 0 Å². The van der Waals surface area contributed by atoms with E-state index in [1.54, 1.807) is 16.4 Å². The fraction of sp³-hybridized carbons (Fsp3) is 0.200. The monoisotopic (exact) mass is 328 g/mol. The summed E-state index contributed by atoms with van der Waals surface area (Å²) in [4.78, 5) is 20.6. The van der Waals surface area contributed by atoms with Gasteiger partial charge >= 0.3 is 0 Å². The molecule has 0 fully saturated rings. The van der Waals surface area contributed by atoms with Crippen LogP contribution in [0.2, 0.25) is 0 Å². The molecule has 0 bridgehead atoms. The Morgan fingerprint density at radius 2 is 2.17 bits per heavy atom. The lowest BCUT2D eigenvalue weighted by Gasteiger charge is -2.18. The van der Waals surface area contributed by atoms with Crippen molar-refractivity contribution in [2.45, 2.75) is 19.1 Å². The molecule has 1 amide bonds. The van der Waals surface area contributed by atoms with E-state index in [1.807, 2.05) is 30.3 Å². The van der Waals surface area contributed by atoms with E-state index in [2.05, 4.69) is 20.4 Å². The zero-order valence-electron chi connectivity index (χ0n) is 12.3. The van der Waals surface area contributed by atoms with Gasteiger partial charge in [0.05, 0.1) is 12.6 Å². The van der Waals surface area contributed by atoms with E-state index >= 15 is 0 Å². The maximum absolute atomic E-state index is 12.4. The molecule has 0 aliphatic carbocycles. The summed E-state index contributed by atoms with van der Waals surface area (Å²) in [7, 11) is 0. The number of nitrogens with two attached hydrogens (primary N) is 1. The number of aromatic nitrogens is 4. The van der Waals surface area contributed by atoms with E-state index in [9.17, 15) is 4.79 Å². The molecule has 0 saturated heterocycles. The molecule has 2 aromatic heterocycles. The molecular weight excluding hydrogens is 312 g/mol. The van der Waals surface area contributed by atoms with E-state index in [0.29, 0.717) is 18.8 Å². The molecular formula is C15H16N6OS. The highest BCUT2D eigenvalue weighted by atomic mass is 32.1. The maximum Gasteiger partial charge on any atom is 0.271 e. The molecule has 0 saturated carbocycles. The summed E-state index contributed by atoms with van der Waals surface area (Å²) in [5, 5.41) is 9.56. The lowest BCUT2D eigenvalue weighted by atomic mass is 10.1. The first kappa shape index (κ1) is 15.3. The molecule has 3 aromatic rings. The number of nitrogens with one attached hydrogen (secondary N) is 1. The van der Waals surface area contributed by atoms with Gasteiger partial charge in [-0.25, -0.2) is 9.97 Å². The minimum atomic E-state index is -0.228. The van der Waals surface area contributed by atoms with Crippen LogP contribution in [-0.2, 0) is 13.1 Å². The van der Waals surface area contributed by atoms with Crippen LogP contribution in [-0.4, -0.2) is 25.7 Å². The third-order valence-electron chi connectivity index (χ3n) is 3.30. The number of nitrogens with zero attached hydrogens (tertiary/aromatic N) is 4. The second-order valence-corrected chi connectivity index (χ2v) is 5.83. The van der Waals surface area contributed by atoms with Crippen LogP contribution in [0.15, 0.2) is 48.4 Å². The number of carbonyl (C=O) groups excluding carboxylic acids is 1. The van der Waals surface area contributed by atoms with Gasteiger partial charge in [0.25, 0.3) is 5.91 Å². The second kappa shape index (κ2) is 7.12. The number of thiazole rings is 1. The molecule has 7 nitrogen and oxygen atoms in total. The van der Waals surface area contributed by atoms with Crippen molar-refractivity contribution >= 4 is 17.2 Å². The van der Waals surface area contributed by atoms with E-state index in [-0.39, 0.29) is 11.9 Å². The molecule has 3 N–H and O–H groups in total. The molecule has 0 spiro atoms. The van der Waals surface area contributed by atoms with Gasteiger partial charge in [-0.1, -0.05) is 30.3 Å². The predicted octanol–water partition coefficient (Wildman–Crippen LogP) is 1.36. The molecule has 1 atom stereocenters. The Morgan fingerprint density at radius 3 is 2.83 bits per heavy atom. The van der Waals surface area contributed by atoms with E-state index in [4.69, 9.17) is 5.73 Å². The SMILES string of the molecule is NCc1nc(C(=O)NC(Cn2cncn2)c2ccccc2)cs1. The highest BCUT2D eigenvalue weighted by molar-refractivity contribution is 7.09. The topological polar surface area (TPSA) is 98.7 Å². The first-order valence-electron chi connectivity index (χ1n) is 7.09. The molecule has 8 heteroatoms. The van der Waals surface area contributed by atoms with Gasteiger partial charge in [0.15, 0.2) is 0 Å². The Balaban J connectivity index is 1.79. The van der Waals surface area contributed by atoms with Crippen LogP contribution < -0.4 is 11.1 Å². The average molecular weight is 328 g/mol. The van der Waals surface area contributed by atoms with Crippen LogP contribution in [0.5, 0.6) is 0 Å². The maximum atomic E-state index is 12.4. The molecule has 118 valence electrons. The summed E-state index contributed by atoms with van der Waals surface area (Å²) in [6.07, 6.45) is 3.09. The number of carbonyl (C=O) groups is 1. The zero-order valence-corrected chi connectivity index (χ0v) is 13.1. The normalized spacial score (nSPS) is 12.0. The smallest absolute Gasteiger partial charge is 0.271 e. The largest absolute Gasteiger partial charge is 0.342 e. The number of hydrogen-bond acceptors (Lipinski definition) is 6. The van der Waals surface area contributed by atoms with Gasteiger partial charge in [0.1, 0.15) is 23.4 Å². The predicted molar refractivity (Wildman–Crippen MR) is 86.7 cm³/mol. The van der Waals surface area contributed by atoms with Gasteiger partial charge in [-0.15, -0.1) is 11.3 Å². The Bertz CT molecular complexity index is 755. The van der Waals surface area contributed by atoms with Gasteiger partial charge in [-0.3, -0.25) is 9.48 Å². The summed E-state index contributed by atoms with van der Waals surface area (Å²) >= 11 is 1.38. The van der Waals surface area contributed by atoms with Crippen molar-refractivity contribution in [2.75, 3.05) is 0 Å². The Morgan fingerprint density at radius 1 is 1.35 bits per heavy atom. The van der Waals surface area contributed by atoms with Crippen LogP contribution in [0.3, 0.4) is 0 Å².